The van der Waals surface area contributed by atoms with Gasteiger partial charge in [-0.25, -0.2) is 8.42 Å². The lowest BCUT2D eigenvalue weighted by atomic mass is 9.90. The van der Waals surface area contributed by atoms with E-state index < -0.39 is 10.0 Å². The van der Waals surface area contributed by atoms with Gasteiger partial charge in [0, 0.05) is 26.3 Å². The summed E-state index contributed by atoms with van der Waals surface area (Å²) in [7, 11) is -2.26. The summed E-state index contributed by atoms with van der Waals surface area (Å²) < 4.78 is 27.2. The number of aromatic nitrogens is 1. The summed E-state index contributed by atoms with van der Waals surface area (Å²) in [5.74, 6) is 0.454. The largest absolute Gasteiger partial charge is 0.339 e. The lowest BCUT2D eigenvalue weighted by Gasteiger charge is -2.32. The molecule has 172 valence electrons. The van der Waals surface area contributed by atoms with Gasteiger partial charge in [-0.2, -0.15) is 0 Å². The van der Waals surface area contributed by atoms with Crippen molar-refractivity contribution in [2.45, 2.75) is 31.1 Å². The van der Waals surface area contributed by atoms with Crippen molar-refractivity contribution in [2.24, 2.45) is 5.92 Å². The lowest BCUT2D eigenvalue weighted by Crippen LogP contribution is -2.39. The zero-order valence-electron chi connectivity index (χ0n) is 19.0. The fourth-order valence-corrected chi connectivity index (χ4v) is 5.37. The van der Waals surface area contributed by atoms with Crippen molar-refractivity contribution in [3.63, 3.8) is 0 Å². The van der Waals surface area contributed by atoms with E-state index in [0.29, 0.717) is 30.3 Å². The number of likely N-dealkylation sites (tertiary alicyclic amines) is 1. The molecule has 0 radical (unpaired) electrons. The molecule has 0 saturated carbocycles. The molecule has 2 heterocycles. The molecule has 1 aliphatic rings. The molecule has 7 heteroatoms. The molecule has 0 N–H and O–H groups in total. The summed E-state index contributed by atoms with van der Waals surface area (Å²) in [6, 6.07) is 18.8. The van der Waals surface area contributed by atoms with Crippen molar-refractivity contribution in [1.29, 1.82) is 0 Å². The minimum absolute atomic E-state index is 0.108. The number of sulfonamides is 1. The number of benzene rings is 2. The van der Waals surface area contributed by atoms with Gasteiger partial charge in [0.1, 0.15) is 0 Å². The van der Waals surface area contributed by atoms with E-state index >= 15 is 0 Å². The van der Waals surface area contributed by atoms with E-state index in [-0.39, 0.29) is 10.8 Å². The van der Waals surface area contributed by atoms with Gasteiger partial charge in [-0.15, -0.1) is 0 Å². The molecule has 1 saturated heterocycles. The highest BCUT2D eigenvalue weighted by atomic mass is 32.2. The average Bonchev–Trinajstić information content (AvgIpc) is 2.84. The van der Waals surface area contributed by atoms with Gasteiger partial charge in [0.25, 0.3) is 15.9 Å². The summed E-state index contributed by atoms with van der Waals surface area (Å²) in [4.78, 5) is 19.3. The van der Waals surface area contributed by atoms with Crippen LogP contribution in [0.3, 0.4) is 0 Å². The second-order valence-corrected chi connectivity index (χ2v) is 10.6. The Morgan fingerprint density at radius 2 is 1.70 bits per heavy atom. The van der Waals surface area contributed by atoms with E-state index in [1.807, 2.05) is 17.9 Å². The number of aryl methyl sites for hydroxylation is 1. The van der Waals surface area contributed by atoms with Crippen molar-refractivity contribution >= 4 is 21.6 Å². The van der Waals surface area contributed by atoms with E-state index in [1.165, 1.54) is 29.3 Å². The number of piperidine rings is 1. The van der Waals surface area contributed by atoms with Crippen LogP contribution in [0, 0.1) is 12.8 Å². The van der Waals surface area contributed by atoms with Crippen LogP contribution in [0.5, 0.6) is 0 Å². The number of amides is 1. The fraction of sp³-hybridized carbons (Fsp3) is 0.308. The predicted molar refractivity (Wildman–Crippen MR) is 130 cm³/mol. The molecule has 0 bridgehead atoms. The molecular formula is C26H29N3O3S. The van der Waals surface area contributed by atoms with Crippen molar-refractivity contribution in [1.82, 2.24) is 9.88 Å². The second-order valence-electron chi connectivity index (χ2n) is 8.64. The Bertz CT molecular complexity index is 1200. The van der Waals surface area contributed by atoms with Crippen LogP contribution in [0.2, 0.25) is 0 Å². The van der Waals surface area contributed by atoms with Crippen LogP contribution in [0.25, 0.3) is 0 Å². The molecule has 1 fully saturated rings. The molecule has 0 unspecified atom stereocenters. The summed E-state index contributed by atoms with van der Waals surface area (Å²) in [6.45, 7) is 3.29. The van der Waals surface area contributed by atoms with Crippen LogP contribution in [0.15, 0.2) is 78.0 Å². The van der Waals surface area contributed by atoms with Gasteiger partial charge in [0.05, 0.1) is 22.3 Å². The van der Waals surface area contributed by atoms with Crippen LogP contribution < -0.4 is 4.31 Å². The predicted octanol–water partition coefficient (Wildman–Crippen LogP) is 4.31. The standard InChI is InChI=1S/C26H29N3O3S/c1-20-8-10-25(11-9-20)33(31,32)28(2)24-17-23(18-27-19-24)26(30)29-14-12-22(13-15-29)16-21-6-4-3-5-7-21/h3-11,17-19,22H,12-16H2,1-2H3. The van der Waals surface area contributed by atoms with Crippen molar-refractivity contribution in [2.75, 3.05) is 24.4 Å². The van der Waals surface area contributed by atoms with E-state index in [0.717, 1.165) is 24.8 Å². The minimum Gasteiger partial charge on any atom is -0.339 e. The Morgan fingerprint density at radius 3 is 2.36 bits per heavy atom. The van der Waals surface area contributed by atoms with Crippen LogP contribution in [-0.4, -0.2) is 44.3 Å². The molecule has 1 aromatic heterocycles. The Hall–Kier alpha value is -3.19. The number of hydrogen-bond donors (Lipinski definition) is 0. The third-order valence-corrected chi connectivity index (χ3v) is 8.08. The number of pyridine rings is 1. The van der Waals surface area contributed by atoms with Crippen molar-refractivity contribution in [3.05, 3.63) is 89.7 Å². The highest BCUT2D eigenvalue weighted by molar-refractivity contribution is 7.92. The van der Waals surface area contributed by atoms with E-state index in [1.54, 1.807) is 30.3 Å². The van der Waals surface area contributed by atoms with Gasteiger partial charge < -0.3 is 4.90 Å². The first kappa shape index (κ1) is 23.0. The maximum absolute atomic E-state index is 13.1. The number of hydrogen-bond acceptors (Lipinski definition) is 4. The molecule has 0 aliphatic carbocycles. The Kier molecular flexibility index (Phi) is 6.79. The summed E-state index contributed by atoms with van der Waals surface area (Å²) in [6.07, 6.45) is 5.91. The molecule has 6 nitrogen and oxygen atoms in total. The van der Waals surface area contributed by atoms with Gasteiger partial charge in [-0.05, 0) is 55.9 Å². The molecule has 33 heavy (non-hydrogen) atoms. The van der Waals surface area contributed by atoms with Gasteiger partial charge in [-0.3, -0.25) is 14.1 Å². The van der Waals surface area contributed by atoms with Gasteiger partial charge >= 0.3 is 0 Å². The first-order valence-electron chi connectivity index (χ1n) is 11.2. The number of nitrogens with zero attached hydrogens (tertiary/aromatic N) is 3. The first-order chi connectivity index (χ1) is 15.8. The Labute approximate surface area is 195 Å². The maximum Gasteiger partial charge on any atom is 0.264 e. The number of anilines is 1. The summed E-state index contributed by atoms with van der Waals surface area (Å²) >= 11 is 0. The van der Waals surface area contributed by atoms with Crippen molar-refractivity contribution < 1.29 is 13.2 Å². The molecule has 2 aromatic carbocycles. The van der Waals surface area contributed by atoms with E-state index in [2.05, 4.69) is 29.2 Å². The quantitative estimate of drug-likeness (QED) is 0.546. The monoisotopic (exact) mass is 463 g/mol. The van der Waals surface area contributed by atoms with Crippen LogP contribution in [-0.2, 0) is 16.4 Å². The van der Waals surface area contributed by atoms with Gasteiger partial charge in [-0.1, -0.05) is 48.0 Å². The molecule has 0 atom stereocenters. The first-order valence-corrected chi connectivity index (χ1v) is 12.6. The Balaban J connectivity index is 1.43. The van der Waals surface area contributed by atoms with Crippen LogP contribution in [0.1, 0.15) is 34.3 Å². The van der Waals surface area contributed by atoms with Crippen molar-refractivity contribution in [3.8, 4) is 0 Å². The zero-order chi connectivity index (χ0) is 23.4. The normalized spacial score (nSPS) is 14.8. The van der Waals surface area contributed by atoms with Gasteiger partial charge in [0.15, 0.2) is 0 Å². The lowest BCUT2D eigenvalue weighted by molar-refractivity contribution is 0.0690. The van der Waals surface area contributed by atoms with Gasteiger partial charge in [0.2, 0.25) is 0 Å². The second kappa shape index (κ2) is 9.75. The van der Waals surface area contributed by atoms with Crippen LogP contribution >= 0.6 is 0 Å². The van der Waals surface area contributed by atoms with E-state index in [4.69, 9.17) is 0 Å². The molecule has 3 aromatic rings. The molecule has 1 amide bonds. The molecular weight excluding hydrogens is 434 g/mol. The number of carbonyl (C=O) groups is 1. The Morgan fingerprint density at radius 1 is 1.03 bits per heavy atom. The molecule has 4 rings (SSSR count). The van der Waals surface area contributed by atoms with Crippen LogP contribution in [0.4, 0.5) is 5.69 Å². The highest BCUT2D eigenvalue weighted by Gasteiger charge is 2.26. The fourth-order valence-electron chi connectivity index (χ4n) is 4.19. The minimum atomic E-state index is -3.74. The highest BCUT2D eigenvalue weighted by Crippen LogP contribution is 2.25. The zero-order valence-corrected chi connectivity index (χ0v) is 19.8. The smallest absolute Gasteiger partial charge is 0.264 e. The third-order valence-electron chi connectivity index (χ3n) is 6.28. The van der Waals surface area contributed by atoms with E-state index in [9.17, 15) is 13.2 Å². The topological polar surface area (TPSA) is 70.6 Å². The molecule has 1 aliphatic heterocycles. The summed E-state index contributed by atoms with van der Waals surface area (Å²) in [5.41, 5.74) is 3.08. The number of carbonyl (C=O) groups excluding carboxylic acids is 1. The number of rotatable bonds is 6. The molecule has 0 spiro atoms. The average molecular weight is 464 g/mol. The maximum atomic E-state index is 13.1. The summed E-state index contributed by atoms with van der Waals surface area (Å²) in [5, 5.41) is 0. The third kappa shape index (κ3) is 5.25. The SMILES string of the molecule is Cc1ccc(S(=O)(=O)N(C)c2cncc(C(=O)N3CCC(Cc4ccccc4)CC3)c2)cc1.